The van der Waals surface area contributed by atoms with Gasteiger partial charge in [-0.1, -0.05) is 30.3 Å². The van der Waals surface area contributed by atoms with Gasteiger partial charge in [0.1, 0.15) is 16.5 Å². The minimum absolute atomic E-state index is 0.137. The molecule has 1 aliphatic heterocycles. The molecule has 2 aromatic carbocycles. The number of rotatable bonds is 8. The number of nitrogens with zero attached hydrogens (tertiary/aromatic N) is 2. The maximum absolute atomic E-state index is 13.5. The van der Waals surface area contributed by atoms with Crippen molar-refractivity contribution in [3.8, 4) is 0 Å². The van der Waals surface area contributed by atoms with Crippen molar-refractivity contribution in [2.45, 2.75) is 30.1 Å². The molecule has 0 radical (unpaired) electrons. The number of benzene rings is 2. The summed E-state index contributed by atoms with van der Waals surface area (Å²) < 4.78 is 46.7. The van der Waals surface area contributed by atoms with Gasteiger partial charge in [-0.05, 0) is 61.7 Å². The van der Waals surface area contributed by atoms with E-state index in [2.05, 4.69) is 10.3 Å². The lowest BCUT2D eigenvalue weighted by atomic mass is 9.74. The molecule has 0 bridgehead atoms. The van der Waals surface area contributed by atoms with E-state index in [1.165, 1.54) is 22.6 Å². The summed E-state index contributed by atoms with van der Waals surface area (Å²) in [6, 6.07) is 18.9. The number of hydrogen-bond donors (Lipinski definition) is 1. The molecular formula is C25H28FN3O3S. The Morgan fingerprint density at radius 3 is 2.33 bits per heavy atom. The second-order valence-corrected chi connectivity index (χ2v) is 10.00. The monoisotopic (exact) mass is 469 g/mol. The highest BCUT2D eigenvalue weighted by molar-refractivity contribution is 7.92. The van der Waals surface area contributed by atoms with Gasteiger partial charge in [-0.25, -0.2) is 17.8 Å². The van der Waals surface area contributed by atoms with Crippen LogP contribution in [0.4, 0.5) is 15.9 Å². The van der Waals surface area contributed by atoms with E-state index in [0.717, 1.165) is 18.4 Å². The summed E-state index contributed by atoms with van der Waals surface area (Å²) in [5.41, 5.74) is 1.47. The molecule has 1 aromatic heterocycles. The molecule has 4 rings (SSSR count). The predicted molar refractivity (Wildman–Crippen MR) is 128 cm³/mol. The summed E-state index contributed by atoms with van der Waals surface area (Å²) in [6.45, 7) is 3.98. The van der Waals surface area contributed by atoms with E-state index in [9.17, 15) is 12.8 Å². The topological polar surface area (TPSA) is 71.5 Å². The lowest BCUT2D eigenvalue weighted by Crippen LogP contribution is -2.40. The highest BCUT2D eigenvalue weighted by Crippen LogP contribution is 2.35. The van der Waals surface area contributed by atoms with Gasteiger partial charge >= 0.3 is 0 Å². The van der Waals surface area contributed by atoms with Crippen molar-refractivity contribution in [3.63, 3.8) is 0 Å². The van der Waals surface area contributed by atoms with Crippen LogP contribution in [0.25, 0.3) is 0 Å². The predicted octanol–water partition coefficient (Wildman–Crippen LogP) is 4.60. The van der Waals surface area contributed by atoms with Gasteiger partial charge < -0.3 is 10.1 Å². The fourth-order valence-corrected chi connectivity index (χ4v) is 5.66. The first-order chi connectivity index (χ1) is 15.9. The third-order valence-corrected chi connectivity index (χ3v) is 8.06. The van der Waals surface area contributed by atoms with Crippen molar-refractivity contribution >= 4 is 21.5 Å². The molecule has 1 aliphatic rings. The number of hydrogen-bond acceptors (Lipinski definition) is 5. The molecule has 33 heavy (non-hydrogen) atoms. The minimum Gasteiger partial charge on any atom is -0.381 e. The maximum Gasteiger partial charge on any atom is 0.265 e. The van der Waals surface area contributed by atoms with Crippen molar-refractivity contribution in [2.24, 2.45) is 0 Å². The second kappa shape index (κ2) is 9.89. The van der Waals surface area contributed by atoms with E-state index < -0.39 is 10.0 Å². The van der Waals surface area contributed by atoms with Crippen LogP contribution in [0.2, 0.25) is 0 Å². The Bertz CT molecular complexity index is 1150. The zero-order valence-corrected chi connectivity index (χ0v) is 19.4. The van der Waals surface area contributed by atoms with E-state index in [0.29, 0.717) is 37.8 Å². The number of aromatic nitrogens is 1. The van der Waals surface area contributed by atoms with Crippen LogP contribution in [0.1, 0.15) is 25.3 Å². The van der Waals surface area contributed by atoms with Crippen LogP contribution in [-0.4, -0.2) is 39.7 Å². The van der Waals surface area contributed by atoms with E-state index in [4.69, 9.17) is 4.74 Å². The summed E-state index contributed by atoms with van der Waals surface area (Å²) >= 11 is 0. The molecule has 2 heterocycles. The van der Waals surface area contributed by atoms with E-state index in [1.807, 2.05) is 30.3 Å². The quantitative estimate of drug-likeness (QED) is 0.522. The summed E-state index contributed by atoms with van der Waals surface area (Å²) in [5.74, 6) is 0.327. The van der Waals surface area contributed by atoms with Crippen LogP contribution >= 0.6 is 0 Å². The highest BCUT2D eigenvalue weighted by atomic mass is 32.2. The largest absolute Gasteiger partial charge is 0.381 e. The van der Waals surface area contributed by atoms with Crippen molar-refractivity contribution in [1.29, 1.82) is 0 Å². The zero-order valence-electron chi connectivity index (χ0n) is 18.6. The Balaban J connectivity index is 1.51. The molecule has 0 unspecified atom stereocenters. The van der Waals surface area contributed by atoms with Gasteiger partial charge in [-0.3, -0.25) is 4.31 Å². The lowest BCUT2D eigenvalue weighted by Gasteiger charge is -2.38. The molecule has 1 saturated heterocycles. The van der Waals surface area contributed by atoms with Crippen LogP contribution in [0.5, 0.6) is 0 Å². The fraction of sp³-hybridized carbons (Fsp3) is 0.320. The Kier molecular flexibility index (Phi) is 6.95. The molecular weight excluding hydrogens is 441 g/mol. The number of ether oxygens (including phenoxy) is 1. The normalized spacial score (nSPS) is 15.7. The Morgan fingerprint density at radius 2 is 1.73 bits per heavy atom. The van der Waals surface area contributed by atoms with Gasteiger partial charge in [-0.2, -0.15) is 0 Å². The Hall–Kier alpha value is -2.97. The van der Waals surface area contributed by atoms with E-state index in [1.54, 1.807) is 31.2 Å². The third-order valence-electron chi connectivity index (χ3n) is 6.17. The number of pyridine rings is 1. The molecule has 6 nitrogen and oxygen atoms in total. The Morgan fingerprint density at radius 1 is 1.03 bits per heavy atom. The van der Waals surface area contributed by atoms with E-state index >= 15 is 0 Å². The number of halogens is 1. The van der Waals surface area contributed by atoms with Gasteiger partial charge in [0.25, 0.3) is 10.0 Å². The van der Waals surface area contributed by atoms with Gasteiger partial charge in [0.15, 0.2) is 0 Å². The summed E-state index contributed by atoms with van der Waals surface area (Å²) in [7, 11) is -3.72. The van der Waals surface area contributed by atoms with Crippen molar-refractivity contribution in [3.05, 3.63) is 84.3 Å². The first-order valence-corrected chi connectivity index (χ1v) is 12.5. The summed E-state index contributed by atoms with van der Waals surface area (Å²) in [5, 5.41) is 3.35. The number of anilines is 2. The molecule has 8 heteroatoms. The van der Waals surface area contributed by atoms with Crippen molar-refractivity contribution in [2.75, 3.05) is 35.9 Å². The first-order valence-electron chi connectivity index (χ1n) is 11.1. The molecule has 0 amide bonds. The molecule has 0 spiro atoms. The van der Waals surface area contributed by atoms with Crippen LogP contribution in [-0.2, 0) is 20.2 Å². The third kappa shape index (κ3) is 5.02. The maximum atomic E-state index is 13.5. The average Bonchev–Trinajstić information content (AvgIpc) is 2.85. The first kappa shape index (κ1) is 23.2. The molecule has 1 fully saturated rings. The highest BCUT2D eigenvalue weighted by Gasteiger charge is 2.34. The van der Waals surface area contributed by atoms with Crippen molar-refractivity contribution < 1.29 is 17.5 Å². The van der Waals surface area contributed by atoms with Crippen LogP contribution < -0.4 is 9.62 Å². The molecule has 3 aromatic rings. The van der Waals surface area contributed by atoms with Crippen LogP contribution in [0.3, 0.4) is 0 Å². The number of para-hydroxylation sites is 1. The number of sulfonamides is 1. The molecule has 1 N–H and O–H groups in total. The average molecular weight is 470 g/mol. The molecule has 0 saturated carbocycles. The summed E-state index contributed by atoms with van der Waals surface area (Å²) in [4.78, 5) is 4.51. The van der Waals surface area contributed by atoms with Crippen LogP contribution in [0, 0.1) is 5.82 Å². The minimum atomic E-state index is -3.72. The van der Waals surface area contributed by atoms with Crippen molar-refractivity contribution in [1.82, 2.24) is 4.98 Å². The lowest BCUT2D eigenvalue weighted by molar-refractivity contribution is 0.0543. The zero-order chi connectivity index (χ0) is 23.3. The van der Waals surface area contributed by atoms with Gasteiger partial charge in [-0.15, -0.1) is 0 Å². The smallest absolute Gasteiger partial charge is 0.265 e. The Labute approximate surface area is 194 Å². The fourth-order valence-electron chi connectivity index (χ4n) is 4.24. The summed E-state index contributed by atoms with van der Waals surface area (Å²) in [6.07, 6.45) is 3.00. The molecule has 0 aliphatic carbocycles. The second-order valence-electron chi connectivity index (χ2n) is 8.14. The van der Waals surface area contributed by atoms with Crippen LogP contribution in [0.15, 0.2) is 77.8 Å². The number of nitrogens with one attached hydrogen (secondary N) is 1. The van der Waals surface area contributed by atoms with E-state index in [-0.39, 0.29) is 16.1 Å². The van der Waals surface area contributed by atoms with Gasteiger partial charge in [0.05, 0.1) is 5.69 Å². The SMILES string of the molecule is CCN(c1ccccc1)S(=O)(=O)c1ccc(NCC2(c3ccc(F)cc3)CCOCC2)nc1. The molecule has 0 atom stereocenters. The standard InChI is InChI=1S/C25H28FN3O3S/c1-2-29(22-6-4-3-5-7-22)33(30,31)23-12-13-24(27-18-23)28-19-25(14-16-32-17-15-25)20-8-10-21(26)11-9-20/h3-13,18H,2,14-17,19H2,1H3,(H,27,28). The molecule has 174 valence electrons. The van der Waals surface area contributed by atoms with Gasteiger partial charge in [0, 0.05) is 37.9 Å². The van der Waals surface area contributed by atoms with Gasteiger partial charge in [0.2, 0.25) is 0 Å².